The van der Waals surface area contributed by atoms with Crippen molar-refractivity contribution in [2.75, 3.05) is 33.2 Å². The van der Waals surface area contributed by atoms with Gasteiger partial charge in [0.15, 0.2) is 0 Å². The van der Waals surface area contributed by atoms with Gasteiger partial charge in [0.2, 0.25) is 0 Å². The summed E-state index contributed by atoms with van der Waals surface area (Å²) in [6.07, 6.45) is 1.15. The Morgan fingerprint density at radius 1 is 1.29 bits per heavy atom. The highest BCUT2D eigenvalue weighted by molar-refractivity contribution is 5.26. The number of hydrazine groups is 1. The molecule has 21 heavy (non-hydrogen) atoms. The summed E-state index contributed by atoms with van der Waals surface area (Å²) in [5, 5.41) is 0. The summed E-state index contributed by atoms with van der Waals surface area (Å²) in [5.41, 5.74) is 15.2. The van der Waals surface area contributed by atoms with Crippen molar-refractivity contribution in [2.45, 2.75) is 26.3 Å². The lowest BCUT2D eigenvalue weighted by atomic mass is 9.92. The second-order valence-corrected chi connectivity index (χ2v) is 6.65. The van der Waals surface area contributed by atoms with Gasteiger partial charge in [0, 0.05) is 32.1 Å². The summed E-state index contributed by atoms with van der Waals surface area (Å²) in [7, 11) is 2.15. The van der Waals surface area contributed by atoms with Gasteiger partial charge in [0.1, 0.15) is 0 Å². The number of rotatable bonds is 7. The van der Waals surface area contributed by atoms with Crippen LogP contribution in [0.2, 0.25) is 0 Å². The zero-order chi connectivity index (χ0) is 15.2. The van der Waals surface area contributed by atoms with Crippen molar-refractivity contribution in [2.24, 2.45) is 17.6 Å². The standard InChI is InChI=1S/C17H30N4/c1-13(2)10-14-4-6-15(7-5-14)17-16(11-19-20-17)12-21(3)9-8-18/h4-7,13,16-17,19-20H,8-12,18H2,1-3H3. The van der Waals surface area contributed by atoms with Gasteiger partial charge in [-0.25, -0.2) is 5.43 Å². The molecule has 2 unspecified atom stereocenters. The normalized spacial score (nSPS) is 22.4. The van der Waals surface area contributed by atoms with Gasteiger partial charge in [0.25, 0.3) is 0 Å². The fraction of sp³-hybridized carbons (Fsp3) is 0.647. The maximum absolute atomic E-state index is 5.63. The maximum atomic E-state index is 5.63. The van der Waals surface area contributed by atoms with E-state index in [-0.39, 0.29) is 0 Å². The molecule has 2 atom stereocenters. The average molecular weight is 290 g/mol. The SMILES string of the molecule is CC(C)Cc1ccc(C2NNCC2CN(C)CCN)cc1. The third kappa shape index (κ3) is 4.78. The highest BCUT2D eigenvalue weighted by atomic mass is 15.4. The van der Waals surface area contributed by atoms with Gasteiger partial charge in [-0.3, -0.25) is 5.43 Å². The largest absolute Gasteiger partial charge is 0.329 e. The first-order valence-corrected chi connectivity index (χ1v) is 8.06. The van der Waals surface area contributed by atoms with Crippen LogP contribution in [0.15, 0.2) is 24.3 Å². The van der Waals surface area contributed by atoms with E-state index in [1.807, 2.05) is 0 Å². The summed E-state index contributed by atoms with van der Waals surface area (Å²) in [6, 6.07) is 9.49. The highest BCUT2D eigenvalue weighted by Crippen LogP contribution is 2.26. The lowest BCUT2D eigenvalue weighted by Crippen LogP contribution is -2.33. The molecule has 0 bridgehead atoms. The van der Waals surface area contributed by atoms with E-state index < -0.39 is 0 Å². The van der Waals surface area contributed by atoms with E-state index >= 15 is 0 Å². The fourth-order valence-electron chi connectivity index (χ4n) is 3.11. The lowest BCUT2D eigenvalue weighted by molar-refractivity contribution is 0.275. The van der Waals surface area contributed by atoms with Crippen molar-refractivity contribution in [3.8, 4) is 0 Å². The first kappa shape index (κ1) is 16.4. The highest BCUT2D eigenvalue weighted by Gasteiger charge is 2.28. The predicted molar refractivity (Wildman–Crippen MR) is 88.9 cm³/mol. The molecule has 0 amide bonds. The molecule has 4 nitrogen and oxygen atoms in total. The Morgan fingerprint density at radius 3 is 2.62 bits per heavy atom. The first-order valence-electron chi connectivity index (χ1n) is 8.06. The summed E-state index contributed by atoms with van der Waals surface area (Å²) < 4.78 is 0. The van der Waals surface area contributed by atoms with Crippen LogP contribution in [0.4, 0.5) is 0 Å². The van der Waals surface area contributed by atoms with Crippen LogP contribution >= 0.6 is 0 Å². The van der Waals surface area contributed by atoms with Crippen LogP contribution in [-0.4, -0.2) is 38.1 Å². The monoisotopic (exact) mass is 290 g/mol. The second kappa shape index (κ2) is 7.90. The first-order chi connectivity index (χ1) is 10.1. The van der Waals surface area contributed by atoms with Crippen LogP contribution in [0.3, 0.4) is 0 Å². The smallest absolute Gasteiger partial charge is 0.0515 e. The summed E-state index contributed by atoms with van der Waals surface area (Å²) in [5.74, 6) is 1.29. The Balaban J connectivity index is 1.99. The number of hydrogen-bond donors (Lipinski definition) is 3. The van der Waals surface area contributed by atoms with Crippen molar-refractivity contribution in [3.05, 3.63) is 35.4 Å². The molecule has 1 aromatic carbocycles. The summed E-state index contributed by atoms with van der Waals surface area (Å²) >= 11 is 0. The minimum atomic E-state index is 0.387. The second-order valence-electron chi connectivity index (χ2n) is 6.65. The molecule has 0 aliphatic carbocycles. The lowest BCUT2D eigenvalue weighted by Gasteiger charge is -2.24. The average Bonchev–Trinajstić information content (AvgIpc) is 2.87. The molecule has 1 heterocycles. The van der Waals surface area contributed by atoms with Gasteiger partial charge >= 0.3 is 0 Å². The summed E-state index contributed by atoms with van der Waals surface area (Å²) in [4.78, 5) is 2.32. The third-order valence-corrected chi connectivity index (χ3v) is 4.13. The molecule has 0 spiro atoms. The van der Waals surface area contributed by atoms with E-state index in [0.717, 1.165) is 32.6 Å². The molecule has 2 rings (SSSR count). The Morgan fingerprint density at radius 2 is 2.00 bits per heavy atom. The predicted octanol–water partition coefficient (Wildman–Crippen LogP) is 1.54. The van der Waals surface area contributed by atoms with Crippen LogP contribution < -0.4 is 16.6 Å². The van der Waals surface area contributed by atoms with E-state index in [4.69, 9.17) is 5.73 Å². The quantitative estimate of drug-likeness (QED) is 0.713. The fourth-order valence-corrected chi connectivity index (χ4v) is 3.11. The number of likely N-dealkylation sites (N-methyl/N-ethyl adjacent to an activating group) is 1. The van der Waals surface area contributed by atoms with Gasteiger partial charge in [0.05, 0.1) is 6.04 Å². The van der Waals surface area contributed by atoms with Gasteiger partial charge in [-0.05, 0) is 30.5 Å². The maximum Gasteiger partial charge on any atom is 0.0515 e. The molecule has 1 aromatic rings. The van der Waals surface area contributed by atoms with Crippen molar-refractivity contribution in [1.82, 2.24) is 15.8 Å². The number of nitrogens with two attached hydrogens (primary N) is 1. The minimum absolute atomic E-state index is 0.387. The zero-order valence-corrected chi connectivity index (χ0v) is 13.6. The summed E-state index contributed by atoms with van der Waals surface area (Å²) in [6.45, 7) is 8.28. The minimum Gasteiger partial charge on any atom is -0.329 e. The molecule has 4 heteroatoms. The van der Waals surface area contributed by atoms with E-state index in [1.165, 1.54) is 11.1 Å². The van der Waals surface area contributed by atoms with Gasteiger partial charge in [-0.2, -0.15) is 0 Å². The van der Waals surface area contributed by atoms with Crippen LogP contribution in [0.1, 0.15) is 31.0 Å². The van der Waals surface area contributed by atoms with Crippen molar-refractivity contribution >= 4 is 0 Å². The topological polar surface area (TPSA) is 53.3 Å². The Bertz CT molecular complexity index is 415. The van der Waals surface area contributed by atoms with E-state index in [1.54, 1.807) is 0 Å². The van der Waals surface area contributed by atoms with Crippen LogP contribution in [0.25, 0.3) is 0 Å². The molecule has 1 saturated heterocycles. The Kier molecular flexibility index (Phi) is 6.18. The van der Waals surface area contributed by atoms with Gasteiger partial charge in [-0.15, -0.1) is 0 Å². The Hall–Kier alpha value is -0.940. The number of nitrogens with one attached hydrogen (secondary N) is 2. The van der Waals surface area contributed by atoms with Crippen molar-refractivity contribution in [3.63, 3.8) is 0 Å². The number of hydrogen-bond acceptors (Lipinski definition) is 4. The van der Waals surface area contributed by atoms with Crippen LogP contribution in [0, 0.1) is 11.8 Å². The molecule has 1 aliphatic heterocycles. The van der Waals surface area contributed by atoms with E-state index in [0.29, 0.717) is 17.9 Å². The van der Waals surface area contributed by atoms with E-state index in [2.05, 4.69) is 60.9 Å². The zero-order valence-electron chi connectivity index (χ0n) is 13.6. The van der Waals surface area contributed by atoms with Gasteiger partial charge in [-0.1, -0.05) is 38.1 Å². The van der Waals surface area contributed by atoms with Crippen molar-refractivity contribution in [1.29, 1.82) is 0 Å². The molecule has 0 saturated carbocycles. The van der Waals surface area contributed by atoms with E-state index in [9.17, 15) is 0 Å². The van der Waals surface area contributed by atoms with Crippen LogP contribution in [0.5, 0.6) is 0 Å². The molecule has 1 fully saturated rings. The molecule has 118 valence electrons. The molecular formula is C17H30N4. The third-order valence-electron chi connectivity index (χ3n) is 4.13. The molecular weight excluding hydrogens is 260 g/mol. The molecule has 4 N–H and O–H groups in total. The molecule has 1 aliphatic rings. The van der Waals surface area contributed by atoms with Gasteiger partial charge < -0.3 is 10.6 Å². The van der Waals surface area contributed by atoms with Crippen molar-refractivity contribution < 1.29 is 0 Å². The molecule has 0 aromatic heterocycles. The number of benzene rings is 1. The Labute approximate surface area is 129 Å². The molecule has 0 radical (unpaired) electrons. The van der Waals surface area contributed by atoms with Crippen LogP contribution in [-0.2, 0) is 6.42 Å². The number of nitrogens with zero attached hydrogens (tertiary/aromatic N) is 1.